The van der Waals surface area contributed by atoms with Crippen LogP contribution < -0.4 is 4.74 Å². The number of carbonyl (C=O) groups is 1. The van der Waals surface area contributed by atoms with Gasteiger partial charge in [0.05, 0.1) is 21.9 Å². The predicted octanol–water partition coefficient (Wildman–Crippen LogP) is 4.94. The van der Waals surface area contributed by atoms with Crippen molar-refractivity contribution < 1.29 is 32.2 Å². The fraction of sp³-hybridized carbons (Fsp3) is 0.700. The van der Waals surface area contributed by atoms with Crippen LogP contribution in [0.25, 0.3) is 0 Å². The minimum atomic E-state index is -4.55. The standard InChI is InChI=1S/C20H26F3IN2O4/c1-13(20(21,22)23)28-19(27)26-10-7-16(8-11-26)29-14-2-4-15(5-3-14)30-18-6-9-25-12-17(18)24/h6,9,12-16H,2-5,7-8,10-11H2,1H3/t13?,14-,15-. The molecule has 1 saturated heterocycles. The Bertz CT molecular complexity index is 706. The lowest BCUT2D eigenvalue weighted by atomic mass is 9.94. The van der Waals surface area contributed by atoms with Gasteiger partial charge in [-0.1, -0.05) is 0 Å². The van der Waals surface area contributed by atoms with Crippen molar-refractivity contribution in [3.63, 3.8) is 0 Å². The first-order chi connectivity index (χ1) is 14.2. The van der Waals surface area contributed by atoms with E-state index in [4.69, 9.17) is 9.47 Å². The van der Waals surface area contributed by atoms with E-state index < -0.39 is 18.4 Å². The molecule has 1 atom stereocenters. The molecular formula is C20H26F3IN2O4. The molecule has 0 radical (unpaired) electrons. The Kier molecular flexibility index (Phi) is 8.05. The number of carbonyl (C=O) groups excluding carboxylic acids is 1. The van der Waals surface area contributed by atoms with Gasteiger partial charge in [-0.15, -0.1) is 0 Å². The van der Waals surface area contributed by atoms with Crippen molar-refractivity contribution in [2.45, 2.75) is 76.0 Å². The lowest BCUT2D eigenvalue weighted by Crippen LogP contribution is -2.44. The molecule has 30 heavy (non-hydrogen) atoms. The molecule has 0 aromatic carbocycles. The van der Waals surface area contributed by atoms with Crippen molar-refractivity contribution >= 4 is 28.7 Å². The zero-order valence-electron chi connectivity index (χ0n) is 16.7. The second-order valence-electron chi connectivity index (χ2n) is 7.71. The Labute approximate surface area is 187 Å². The second kappa shape index (κ2) is 10.3. The Morgan fingerprint density at radius 2 is 1.73 bits per heavy atom. The number of nitrogens with zero attached hydrogens (tertiary/aromatic N) is 2. The molecule has 10 heteroatoms. The lowest BCUT2D eigenvalue weighted by molar-refractivity contribution is -0.200. The van der Waals surface area contributed by atoms with E-state index >= 15 is 0 Å². The molecule has 0 spiro atoms. The van der Waals surface area contributed by atoms with Crippen LogP contribution in [0.2, 0.25) is 0 Å². The van der Waals surface area contributed by atoms with Gasteiger partial charge < -0.3 is 19.1 Å². The smallest absolute Gasteiger partial charge is 0.425 e. The topological polar surface area (TPSA) is 60.9 Å². The maximum absolute atomic E-state index is 12.5. The van der Waals surface area contributed by atoms with Gasteiger partial charge in [0.15, 0.2) is 6.10 Å². The average Bonchev–Trinajstić information content (AvgIpc) is 2.71. The van der Waals surface area contributed by atoms with E-state index in [1.54, 1.807) is 12.4 Å². The van der Waals surface area contributed by atoms with Crippen LogP contribution in [0, 0.1) is 3.57 Å². The summed E-state index contributed by atoms with van der Waals surface area (Å²) in [4.78, 5) is 17.3. The highest BCUT2D eigenvalue weighted by atomic mass is 127. The zero-order valence-corrected chi connectivity index (χ0v) is 18.9. The number of ether oxygens (including phenoxy) is 3. The van der Waals surface area contributed by atoms with Crippen LogP contribution in [0.1, 0.15) is 45.4 Å². The van der Waals surface area contributed by atoms with Gasteiger partial charge in [0, 0.05) is 25.5 Å². The number of aromatic nitrogens is 1. The van der Waals surface area contributed by atoms with E-state index in [9.17, 15) is 18.0 Å². The first-order valence-electron chi connectivity index (χ1n) is 10.2. The molecule has 0 bridgehead atoms. The number of alkyl halides is 3. The summed E-state index contributed by atoms with van der Waals surface area (Å²) in [6.45, 7) is 1.52. The third-order valence-electron chi connectivity index (χ3n) is 5.47. The van der Waals surface area contributed by atoms with Crippen LogP contribution in [0.4, 0.5) is 18.0 Å². The highest BCUT2D eigenvalue weighted by molar-refractivity contribution is 14.1. The van der Waals surface area contributed by atoms with Gasteiger partial charge in [-0.05, 0) is 74.1 Å². The Morgan fingerprint density at radius 1 is 1.13 bits per heavy atom. The summed E-state index contributed by atoms with van der Waals surface area (Å²) >= 11 is 2.21. The molecule has 1 unspecified atom stereocenters. The molecule has 1 saturated carbocycles. The van der Waals surface area contributed by atoms with Crippen molar-refractivity contribution in [3.05, 3.63) is 22.0 Å². The molecule has 0 N–H and O–H groups in total. The average molecular weight is 542 g/mol. The van der Waals surface area contributed by atoms with Crippen molar-refractivity contribution in [1.29, 1.82) is 0 Å². The summed E-state index contributed by atoms with van der Waals surface area (Å²) < 4.78 is 55.4. The number of pyridine rings is 1. The van der Waals surface area contributed by atoms with E-state index in [-0.39, 0.29) is 18.3 Å². The fourth-order valence-electron chi connectivity index (χ4n) is 3.66. The zero-order chi connectivity index (χ0) is 21.7. The number of halogens is 4. The van der Waals surface area contributed by atoms with E-state index in [0.29, 0.717) is 25.9 Å². The van der Waals surface area contributed by atoms with Gasteiger partial charge in [0.2, 0.25) is 0 Å². The third kappa shape index (κ3) is 6.60. The molecule has 1 aromatic rings. The Balaban J connectivity index is 1.36. The maximum Gasteiger partial charge on any atom is 0.425 e. The first kappa shape index (κ1) is 23.4. The minimum absolute atomic E-state index is 0.0118. The molecule has 2 fully saturated rings. The van der Waals surface area contributed by atoms with E-state index in [1.807, 2.05) is 6.07 Å². The van der Waals surface area contributed by atoms with E-state index in [0.717, 1.165) is 41.9 Å². The number of hydrogen-bond donors (Lipinski definition) is 0. The Hall–Kier alpha value is -1.30. The number of likely N-dealkylation sites (tertiary alicyclic amines) is 1. The third-order valence-corrected chi connectivity index (χ3v) is 6.28. The van der Waals surface area contributed by atoms with Crippen molar-refractivity contribution in [1.82, 2.24) is 9.88 Å². The molecule has 1 amide bonds. The Morgan fingerprint density at radius 3 is 2.33 bits per heavy atom. The monoisotopic (exact) mass is 542 g/mol. The highest BCUT2D eigenvalue weighted by Crippen LogP contribution is 2.30. The highest BCUT2D eigenvalue weighted by Gasteiger charge is 2.40. The largest absolute Gasteiger partial charge is 0.489 e. The summed E-state index contributed by atoms with van der Waals surface area (Å²) in [5, 5.41) is 0. The fourth-order valence-corrected chi connectivity index (χ4v) is 4.13. The number of amides is 1. The molecule has 1 aliphatic heterocycles. The van der Waals surface area contributed by atoms with Crippen LogP contribution in [0.3, 0.4) is 0 Å². The van der Waals surface area contributed by atoms with Crippen LogP contribution in [0.5, 0.6) is 5.75 Å². The van der Waals surface area contributed by atoms with Gasteiger partial charge in [0.1, 0.15) is 5.75 Å². The number of piperidine rings is 1. The van der Waals surface area contributed by atoms with Crippen molar-refractivity contribution in [2.75, 3.05) is 13.1 Å². The van der Waals surface area contributed by atoms with E-state index in [2.05, 4.69) is 32.3 Å². The number of hydrogen-bond acceptors (Lipinski definition) is 5. The summed E-state index contributed by atoms with van der Waals surface area (Å²) in [6, 6.07) is 1.87. The van der Waals surface area contributed by atoms with E-state index in [1.165, 1.54) is 4.90 Å². The lowest BCUT2D eigenvalue weighted by Gasteiger charge is -2.36. The van der Waals surface area contributed by atoms with Gasteiger partial charge in [-0.2, -0.15) is 13.2 Å². The summed E-state index contributed by atoms with van der Waals surface area (Å²) in [5.41, 5.74) is 0. The maximum atomic E-state index is 12.5. The van der Waals surface area contributed by atoms with Gasteiger partial charge >= 0.3 is 12.3 Å². The van der Waals surface area contributed by atoms with Crippen LogP contribution in [-0.2, 0) is 9.47 Å². The van der Waals surface area contributed by atoms with Gasteiger partial charge in [-0.3, -0.25) is 4.98 Å². The summed E-state index contributed by atoms with van der Waals surface area (Å²) in [6.07, 6.45) is 1.06. The molecule has 3 rings (SSSR count). The number of rotatable bonds is 5. The molecule has 6 nitrogen and oxygen atoms in total. The van der Waals surface area contributed by atoms with Crippen LogP contribution in [-0.4, -0.2) is 59.7 Å². The second-order valence-corrected chi connectivity index (χ2v) is 8.87. The van der Waals surface area contributed by atoms with Gasteiger partial charge in [-0.25, -0.2) is 4.79 Å². The minimum Gasteiger partial charge on any atom is -0.489 e. The van der Waals surface area contributed by atoms with Crippen LogP contribution in [0.15, 0.2) is 18.5 Å². The van der Waals surface area contributed by atoms with Crippen molar-refractivity contribution in [2.24, 2.45) is 0 Å². The van der Waals surface area contributed by atoms with Crippen LogP contribution >= 0.6 is 22.6 Å². The molecule has 168 valence electrons. The molecular weight excluding hydrogens is 516 g/mol. The summed E-state index contributed by atoms with van der Waals surface area (Å²) in [5.74, 6) is 0.856. The predicted molar refractivity (Wildman–Crippen MR) is 111 cm³/mol. The molecule has 1 aromatic heterocycles. The van der Waals surface area contributed by atoms with Gasteiger partial charge in [0.25, 0.3) is 0 Å². The normalized spacial score (nSPS) is 24.4. The molecule has 1 aliphatic carbocycles. The quantitative estimate of drug-likeness (QED) is 0.494. The first-order valence-corrected chi connectivity index (χ1v) is 11.2. The van der Waals surface area contributed by atoms with Crippen molar-refractivity contribution in [3.8, 4) is 5.75 Å². The molecule has 2 aliphatic rings. The SMILES string of the molecule is CC(OC(=O)N1CCC(O[C@H]2CC[C@H](Oc3ccncc3I)CC2)CC1)C(F)(F)F. The molecule has 2 heterocycles. The summed E-state index contributed by atoms with van der Waals surface area (Å²) in [7, 11) is 0.